The normalized spacial score (nSPS) is 20.3. The van der Waals surface area contributed by atoms with Crippen molar-refractivity contribution >= 4 is 5.91 Å². The highest BCUT2D eigenvalue weighted by atomic mass is 16.2. The summed E-state index contributed by atoms with van der Waals surface area (Å²) in [5.41, 5.74) is 4.07. The molecule has 0 radical (unpaired) electrons. The number of hydrogen-bond acceptors (Lipinski definition) is 1. The third-order valence-corrected chi connectivity index (χ3v) is 4.29. The van der Waals surface area contributed by atoms with Gasteiger partial charge in [0.25, 0.3) is 0 Å². The van der Waals surface area contributed by atoms with E-state index < -0.39 is 0 Å². The van der Waals surface area contributed by atoms with Gasteiger partial charge in [0, 0.05) is 25.4 Å². The van der Waals surface area contributed by atoms with Crippen molar-refractivity contribution in [3.8, 4) is 0 Å². The van der Waals surface area contributed by atoms with Crippen molar-refractivity contribution in [3.05, 3.63) is 34.9 Å². The molecule has 1 amide bonds. The molecule has 1 fully saturated rings. The topological polar surface area (TPSA) is 20.3 Å². The van der Waals surface area contributed by atoms with Crippen LogP contribution >= 0.6 is 0 Å². The molecule has 126 valence electrons. The van der Waals surface area contributed by atoms with Crippen LogP contribution in [0.25, 0.3) is 0 Å². The molecular formula is C20H35NO. The van der Waals surface area contributed by atoms with Crippen LogP contribution in [0.3, 0.4) is 0 Å². The van der Waals surface area contributed by atoms with Crippen LogP contribution in [-0.4, -0.2) is 23.4 Å². The number of amides is 1. The Morgan fingerprint density at radius 1 is 1.05 bits per heavy atom. The molecule has 1 heterocycles. The van der Waals surface area contributed by atoms with E-state index in [2.05, 4.69) is 39.0 Å². The van der Waals surface area contributed by atoms with Crippen LogP contribution < -0.4 is 0 Å². The Morgan fingerprint density at radius 2 is 1.64 bits per heavy atom. The van der Waals surface area contributed by atoms with Crippen LogP contribution in [-0.2, 0) is 4.79 Å². The molecule has 1 aromatic carbocycles. The van der Waals surface area contributed by atoms with Gasteiger partial charge in [-0.3, -0.25) is 4.79 Å². The largest absolute Gasteiger partial charge is 0.340 e. The number of carbonyl (C=O) groups excluding carboxylic acids is 1. The van der Waals surface area contributed by atoms with Crippen LogP contribution in [0.5, 0.6) is 0 Å². The minimum absolute atomic E-state index is 0.205. The number of aryl methyl sites for hydroxylation is 2. The Morgan fingerprint density at radius 3 is 2.14 bits per heavy atom. The number of carbonyl (C=O) groups is 1. The molecule has 0 saturated carbocycles. The third kappa shape index (κ3) is 5.47. The Hall–Kier alpha value is -1.31. The van der Waals surface area contributed by atoms with Gasteiger partial charge in [-0.15, -0.1) is 0 Å². The zero-order chi connectivity index (χ0) is 17.3. The summed E-state index contributed by atoms with van der Waals surface area (Å²) in [6.45, 7) is 17.0. The molecule has 2 heteroatoms. The molecule has 2 rings (SSSR count). The molecule has 2 nitrogen and oxygen atoms in total. The highest BCUT2D eigenvalue weighted by Gasteiger charge is 2.27. The number of hydrogen-bond donors (Lipinski definition) is 0. The van der Waals surface area contributed by atoms with Gasteiger partial charge in [0.15, 0.2) is 0 Å². The molecule has 0 bridgehead atoms. The minimum atomic E-state index is 0.205. The van der Waals surface area contributed by atoms with Crippen LogP contribution in [0.15, 0.2) is 18.2 Å². The summed E-state index contributed by atoms with van der Waals surface area (Å²) < 4.78 is 0. The average molecular weight is 306 g/mol. The smallest absolute Gasteiger partial charge is 0.219 e. The summed E-state index contributed by atoms with van der Waals surface area (Å²) in [5, 5.41) is 0. The first kappa shape index (κ1) is 20.7. The van der Waals surface area contributed by atoms with E-state index in [-0.39, 0.29) is 5.91 Å². The second-order valence-corrected chi connectivity index (χ2v) is 5.64. The molecule has 1 unspecified atom stereocenters. The lowest BCUT2D eigenvalue weighted by atomic mass is 9.86. The molecule has 1 saturated heterocycles. The van der Waals surface area contributed by atoms with Gasteiger partial charge in [0.1, 0.15) is 0 Å². The summed E-state index contributed by atoms with van der Waals surface area (Å²) >= 11 is 0. The van der Waals surface area contributed by atoms with Gasteiger partial charge < -0.3 is 4.90 Å². The van der Waals surface area contributed by atoms with Crippen LogP contribution in [0.2, 0.25) is 0 Å². The van der Waals surface area contributed by atoms with E-state index in [1.165, 1.54) is 23.1 Å². The van der Waals surface area contributed by atoms with E-state index >= 15 is 0 Å². The first-order valence-corrected chi connectivity index (χ1v) is 8.83. The number of benzene rings is 1. The van der Waals surface area contributed by atoms with Crippen LogP contribution in [0.4, 0.5) is 0 Å². The van der Waals surface area contributed by atoms with Gasteiger partial charge >= 0.3 is 0 Å². The molecule has 1 aliphatic rings. The molecular weight excluding hydrogens is 270 g/mol. The van der Waals surface area contributed by atoms with Crippen molar-refractivity contribution in [2.45, 2.75) is 80.2 Å². The van der Waals surface area contributed by atoms with Gasteiger partial charge in [-0.1, -0.05) is 45.9 Å². The maximum Gasteiger partial charge on any atom is 0.219 e. The molecule has 2 atom stereocenters. The lowest BCUT2D eigenvalue weighted by Crippen LogP contribution is -2.43. The summed E-state index contributed by atoms with van der Waals surface area (Å²) in [5.74, 6) is 0.709. The number of rotatable bonds is 1. The summed E-state index contributed by atoms with van der Waals surface area (Å²) in [6, 6.07) is 7.10. The zero-order valence-corrected chi connectivity index (χ0v) is 15.9. The molecule has 0 spiro atoms. The molecule has 0 N–H and O–H groups in total. The number of nitrogens with zero attached hydrogens (tertiary/aromatic N) is 1. The summed E-state index contributed by atoms with van der Waals surface area (Å²) in [7, 11) is 0. The minimum Gasteiger partial charge on any atom is -0.340 e. The lowest BCUT2D eigenvalue weighted by molar-refractivity contribution is -0.132. The van der Waals surface area contributed by atoms with Crippen molar-refractivity contribution in [3.63, 3.8) is 0 Å². The second-order valence-electron chi connectivity index (χ2n) is 5.64. The zero-order valence-electron chi connectivity index (χ0n) is 15.9. The Bertz CT molecular complexity index is 453. The van der Waals surface area contributed by atoms with E-state index in [0.717, 1.165) is 13.0 Å². The SMILES string of the molecule is CC.CC.CC(=O)N1C[C@H](c2ccc(C)c(C)c2)CCC1C. The van der Waals surface area contributed by atoms with Crippen molar-refractivity contribution in [2.24, 2.45) is 0 Å². The van der Waals surface area contributed by atoms with E-state index in [9.17, 15) is 4.79 Å². The van der Waals surface area contributed by atoms with E-state index in [0.29, 0.717) is 12.0 Å². The van der Waals surface area contributed by atoms with Crippen molar-refractivity contribution in [2.75, 3.05) is 6.54 Å². The second kappa shape index (κ2) is 10.4. The fraction of sp³-hybridized carbons (Fsp3) is 0.650. The van der Waals surface area contributed by atoms with E-state index in [1.54, 1.807) is 6.92 Å². The average Bonchev–Trinajstić information content (AvgIpc) is 2.54. The Kier molecular flexibility index (Phi) is 9.80. The van der Waals surface area contributed by atoms with Gasteiger partial charge in [-0.2, -0.15) is 0 Å². The molecule has 1 aliphatic heterocycles. The number of piperidine rings is 1. The standard InChI is InChI=1S/C16H23NO.2C2H6/c1-11-5-7-15(9-12(11)2)16-8-6-13(3)17(10-16)14(4)18;2*1-2/h5,7,9,13,16H,6,8,10H2,1-4H3;2*1-2H3/t13?,16-;;/m1../s1. The predicted molar refractivity (Wildman–Crippen MR) is 97.4 cm³/mol. The van der Waals surface area contributed by atoms with Gasteiger partial charge in [0.05, 0.1) is 0 Å². The van der Waals surface area contributed by atoms with E-state index in [1.807, 2.05) is 32.6 Å². The first-order chi connectivity index (χ1) is 10.5. The van der Waals surface area contributed by atoms with E-state index in [4.69, 9.17) is 0 Å². The maximum absolute atomic E-state index is 11.6. The van der Waals surface area contributed by atoms with Crippen molar-refractivity contribution in [1.29, 1.82) is 0 Å². The van der Waals surface area contributed by atoms with Gasteiger partial charge in [-0.25, -0.2) is 0 Å². The molecule has 0 aromatic heterocycles. The monoisotopic (exact) mass is 305 g/mol. The maximum atomic E-state index is 11.6. The third-order valence-electron chi connectivity index (χ3n) is 4.29. The number of likely N-dealkylation sites (tertiary alicyclic amines) is 1. The first-order valence-electron chi connectivity index (χ1n) is 8.83. The predicted octanol–water partition coefficient (Wildman–Crippen LogP) is 5.47. The van der Waals surface area contributed by atoms with Gasteiger partial charge in [0.2, 0.25) is 5.91 Å². The highest BCUT2D eigenvalue weighted by molar-refractivity contribution is 5.73. The fourth-order valence-corrected chi connectivity index (χ4v) is 2.84. The highest BCUT2D eigenvalue weighted by Crippen LogP contribution is 2.30. The summed E-state index contributed by atoms with van der Waals surface area (Å²) in [4.78, 5) is 13.7. The van der Waals surface area contributed by atoms with Crippen LogP contribution in [0, 0.1) is 13.8 Å². The van der Waals surface area contributed by atoms with Gasteiger partial charge in [-0.05, 0) is 50.3 Å². The molecule has 22 heavy (non-hydrogen) atoms. The Labute approximate surface area is 137 Å². The summed E-state index contributed by atoms with van der Waals surface area (Å²) in [6.07, 6.45) is 2.30. The van der Waals surface area contributed by atoms with Crippen LogP contribution in [0.1, 0.15) is 77.0 Å². The fourth-order valence-electron chi connectivity index (χ4n) is 2.84. The quantitative estimate of drug-likeness (QED) is 0.673. The lowest BCUT2D eigenvalue weighted by Gasteiger charge is -2.37. The molecule has 0 aliphatic carbocycles. The van der Waals surface area contributed by atoms with Crippen molar-refractivity contribution in [1.82, 2.24) is 4.90 Å². The van der Waals surface area contributed by atoms with Crippen molar-refractivity contribution < 1.29 is 4.79 Å². The molecule has 1 aromatic rings. The Balaban J connectivity index is 0.00000102.